The van der Waals surface area contributed by atoms with Crippen LogP contribution in [-0.4, -0.2) is 6.54 Å². The molecule has 1 fully saturated rings. The minimum atomic E-state index is 0.472. The Morgan fingerprint density at radius 3 is 2.28 bits per heavy atom. The molecule has 1 aromatic rings. The van der Waals surface area contributed by atoms with Gasteiger partial charge in [-0.15, -0.1) is 0 Å². The molecule has 1 N–H and O–H groups in total. The molecule has 1 aliphatic carbocycles. The summed E-state index contributed by atoms with van der Waals surface area (Å²) in [5.74, 6) is 0. The van der Waals surface area contributed by atoms with Crippen LogP contribution in [0.2, 0.25) is 0 Å². The fourth-order valence-electron chi connectivity index (χ4n) is 2.86. The molecule has 1 saturated carbocycles. The van der Waals surface area contributed by atoms with E-state index in [4.69, 9.17) is 0 Å². The average molecular weight is 245 g/mol. The molecule has 100 valence electrons. The third-order valence-corrected chi connectivity index (χ3v) is 4.84. The van der Waals surface area contributed by atoms with Gasteiger partial charge < -0.3 is 5.32 Å². The van der Waals surface area contributed by atoms with Crippen LogP contribution in [0.4, 0.5) is 0 Å². The Morgan fingerprint density at radius 2 is 1.83 bits per heavy atom. The summed E-state index contributed by atoms with van der Waals surface area (Å²) in [5.41, 5.74) is 3.45. The highest BCUT2D eigenvalue weighted by Gasteiger charge is 2.34. The van der Waals surface area contributed by atoms with Crippen LogP contribution in [0.1, 0.15) is 63.6 Å². The molecule has 1 atom stereocenters. The van der Waals surface area contributed by atoms with Crippen LogP contribution in [-0.2, 0) is 6.42 Å². The predicted octanol–water partition coefficient (Wildman–Crippen LogP) is 4.48. The molecule has 0 aliphatic heterocycles. The van der Waals surface area contributed by atoms with Gasteiger partial charge in [-0.25, -0.2) is 0 Å². The van der Waals surface area contributed by atoms with E-state index < -0.39 is 0 Å². The van der Waals surface area contributed by atoms with Crippen molar-refractivity contribution in [3.63, 3.8) is 0 Å². The smallest absolute Gasteiger partial charge is 0.0292 e. The second kappa shape index (κ2) is 5.88. The van der Waals surface area contributed by atoms with Gasteiger partial charge in [-0.1, -0.05) is 44.5 Å². The Bertz CT molecular complexity index is 356. The number of benzene rings is 1. The van der Waals surface area contributed by atoms with E-state index in [9.17, 15) is 0 Å². The van der Waals surface area contributed by atoms with Crippen LogP contribution < -0.4 is 5.32 Å². The Kier molecular flexibility index (Phi) is 4.45. The molecular formula is C17H27N. The van der Waals surface area contributed by atoms with Crippen LogP contribution >= 0.6 is 0 Å². The summed E-state index contributed by atoms with van der Waals surface area (Å²) in [6, 6.07) is 9.53. The Morgan fingerprint density at radius 1 is 1.17 bits per heavy atom. The monoisotopic (exact) mass is 245 g/mol. The minimum absolute atomic E-state index is 0.472. The zero-order valence-corrected chi connectivity index (χ0v) is 12.1. The lowest BCUT2D eigenvalue weighted by molar-refractivity contribution is 0.120. The Balaban J connectivity index is 1.88. The molecule has 0 bridgehead atoms. The number of nitrogens with one attached hydrogen (secondary N) is 1. The zero-order valence-electron chi connectivity index (χ0n) is 12.1. The maximum Gasteiger partial charge on any atom is 0.0292 e. The van der Waals surface area contributed by atoms with Crippen molar-refractivity contribution in [2.24, 2.45) is 5.41 Å². The Labute approximate surface area is 112 Å². The van der Waals surface area contributed by atoms with E-state index in [1.54, 1.807) is 0 Å². The molecule has 0 spiro atoms. The SMILES string of the molecule is CCc1ccc(C(C)NCC2(CC)CCC2)cc1. The van der Waals surface area contributed by atoms with Gasteiger partial charge in [0.05, 0.1) is 0 Å². The zero-order chi connectivity index (χ0) is 13.0. The molecule has 0 heterocycles. The summed E-state index contributed by atoms with van der Waals surface area (Å²) in [6.45, 7) is 8.00. The van der Waals surface area contributed by atoms with Crippen LogP contribution in [0, 0.1) is 5.41 Å². The van der Waals surface area contributed by atoms with Crippen LogP contribution in [0.5, 0.6) is 0 Å². The highest BCUT2D eigenvalue weighted by Crippen LogP contribution is 2.43. The maximum absolute atomic E-state index is 3.73. The van der Waals surface area contributed by atoms with Crippen molar-refractivity contribution in [3.8, 4) is 0 Å². The number of aryl methyl sites for hydroxylation is 1. The van der Waals surface area contributed by atoms with Crippen molar-refractivity contribution in [2.45, 2.75) is 58.9 Å². The molecule has 1 aromatic carbocycles. The van der Waals surface area contributed by atoms with Crippen LogP contribution in [0.25, 0.3) is 0 Å². The van der Waals surface area contributed by atoms with E-state index in [0.717, 1.165) is 6.42 Å². The third-order valence-electron chi connectivity index (χ3n) is 4.84. The van der Waals surface area contributed by atoms with E-state index in [0.29, 0.717) is 11.5 Å². The lowest BCUT2D eigenvalue weighted by atomic mass is 9.67. The van der Waals surface area contributed by atoms with Crippen LogP contribution in [0.15, 0.2) is 24.3 Å². The maximum atomic E-state index is 3.73. The largest absolute Gasteiger partial charge is 0.310 e. The number of hydrogen-bond donors (Lipinski definition) is 1. The predicted molar refractivity (Wildman–Crippen MR) is 78.8 cm³/mol. The van der Waals surface area contributed by atoms with E-state index in [2.05, 4.69) is 50.4 Å². The van der Waals surface area contributed by atoms with Crippen molar-refractivity contribution in [3.05, 3.63) is 35.4 Å². The van der Waals surface area contributed by atoms with Gasteiger partial charge in [-0.05, 0) is 49.1 Å². The first-order valence-corrected chi connectivity index (χ1v) is 7.51. The van der Waals surface area contributed by atoms with Crippen molar-refractivity contribution in [2.75, 3.05) is 6.54 Å². The summed E-state index contributed by atoms with van der Waals surface area (Å²) >= 11 is 0. The van der Waals surface area contributed by atoms with Gasteiger partial charge in [-0.3, -0.25) is 0 Å². The summed E-state index contributed by atoms with van der Waals surface area (Å²) in [6.07, 6.45) is 6.70. The summed E-state index contributed by atoms with van der Waals surface area (Å²) in [7, 11) is 0. The first kappa shape index (κ1) is 13.6. The average Bonchev–Trinajstić information content (AvgIpc) is 2.38. The quantitative estimate of drug-likeness (QED) is 0.779. The van der Waals surface area contributed by atoms with Gasteiger partial charge in [0.2, 0.25) is 0 Å². The standard InChI is InChI=1S/C17H27N/c1-4-15-7-9-16(10-8-15)14(3)18-13-17(5-2)11-6-12-17/h7-10,14,18H,4-6,11-13H2,1-3H3. The summed E-state index contributed by atoms with van der Waals surface area (Å²) < 4.78 is 0. The Hall–Kier alpha value is -0.820. The van der Waals surface area contributed by atoms with Gasteiger partial charge in [0, 0.05) is 12.6 Å². The molecule has 0 radical (unpaired) electrons. The molecule has 0 saturated heterocycles. The first-order valence-electron chi connectivity index (χ1n) is 7.51. The minimum Gasteiger partial charge on any atom is -0.310 e. The van der Waals surface area contributed by atoms with Gasteiger partial charge in [0.25, 0.3) is 0 Å². The fraction of sp³-hybridized carbons (Fsp3) is 0.647. The van der Waals surface area contributed by atoms with Crippen molar-refractivity contribution in [1.29, 1.82) is 0 Å². The lowest BCUT2D eigenvalue weighted by Gasteiger charge is -2.42. The first-order chi connectivity index (χ1) is 8.69. The van der Waals surface area contributed by atoms with Crippen molar-refractivity contribution in [1.82, 2.24) is 5.32 Å². The second-order valence-corrected chi connectivity index (χ2v) is 5.90. The number of rotatable bonds is 6. The van der Waals surface area contributed by atoms with E-state index in [-0.39, 0.29) is 0 Å². The van der Waals surface area contributed by atoms with E-state index in [1.165, 1.54) is 43.4 Å². The van der Waals surface area contributed by atoms with E-state index >= 15 is 0 Å². The van der Waals surface area contributed by atoms with Gasteiger partial charge in [0.15, 0.2) is 0 Å². The molecule has 2 rings (SSSR count). The molecule has 1 unspecified atom stereocenters. The summed E-state index contributed by atoms with van der Waals surface area (Å²) in [4.78, 5) is 0. The van der Waals surface area contributed by atoms with Crippen LogP contribution in [0.3, 0.4) is 0 Å². The van der Waals surface area contributed by atoms with E-state index in [1.807, 2.05) is 0 Å². The molecule has 0 amide bonds. The molecule has 18 heavy (non-hydrogen) atoms. The lowest BCUT2D eigenvalue weighted by Crippen LogP contribution is -2.40. The molecule has 1 nitrogen and oxygen atoms in total. The molecule has 0 aromatic heterocycles. The normalized spacial score (nSPS) is 19.3. The van der Waals surface area contributed by atoms with Gasteiger partial charge in [-0.2, -0.15) is 0 Å². The van der Waals surface area contributed by atoms with Crippen molar-refractivity contribution < 1.29 is 0 Å². The molecular weight excluding hydrogens is 218 g/mol. The molecule has 1 heteroatoms. The fourth-order valence-corrected chi connectivity index (χ4v) is 2.86. The third kappa shape index (κ3) is 2.95. The topological polar surface area (TPSA) is 12.0 Å². The molecule has 1 aliphatic rings. The summed E-state index contributed by atoms with van der Waals surface area (Å²) in [5, 5.41) is 3.73. The highest BCUT2D eigenvalue weighted by molar-refractivity contribution is 5.24. The highest BCUT2D eigenvalue weighted by atomic mass is 14.9. The van der Waals surface area contributed by atoms with Crippen molar-refractivity contribution >= 4 is 0 Å². The van der Waals surface area contributed by atoms with Gasteiger partial charge >= 0.3 is 0 Å². The van der Waals surface area contributed by atoms with Gasteiger partial charge in [0.1, 0.15) is 0 Å². The number of hydrogen-bond acceptors (Lipinski definition) is 1. The second-order valence-electron chi connectivity index (χ2n) is 5.90.